The van der Waals surface area contributed by atoms with E-state index in [0.717, 1.165) is 5.56 Å². The minimum absolute atomic E-state index is 0.159. The van der Waals surface area contributed by atoms with Gasteiger partial charge in [0.05, 0.1) is 19.4 Å². The van der Waals surface area contributed by atoms with E-state index < -0.39 is 0 Å². The molecule has 0 aliphatic rings. The largest absolute Gasteiger partial charge is 0.468 e. The third kappa shape index (κ3) is 3.59. The van der Waals surface area contributed by atoms with E-state index >= 15 is 0 Å². The topological polar surface area (TPSA) is 82.8 Å². The molecule has 2 heterocycles. The molecule has 0 saturated carbocycles. The normalized spacial score (nSPS) is 10.9. The number of thioether (sulfide) groups is 1. The zero-order chi connectivity index (χ0) is 16.2. The highest BCUT2D eigenvalue weighted by Crippen LogP contribution is 2.23. The first kappa shape index (κ1) is 15.7. The number of benzene rings is 1. The molecule has 2 aromatic heterocycles. The van der Waals surface area contributed by atoms with Gasteiger partial charge >= 0.3 is 5.97 Å². The van der Waals surface area contributed by atoms with E-state index in [1.807, 2.05) is 24.3 Å². The third-order valence-electron chi connectivity index (χ3n) is 3.07. The zero-order valence-electron chi connectivity index (χ0n) is 12.1. The molecule has 0 radical (unpaired) electrons. The zero-order valence-corrected chi connectivity index (χ0v) is 13.7. The van der Waals surface area contributed by atoms with Crippen molar-refractivity contribution >= 4 is 40.5 Å². The van der Waals surface area contributed by atoms with Gasteiger partial charge in [0.1, 0.15) is 11.4 Å². The number of ether oxygens (including phenoxy) is 1. The first-order chi connectivity index (χ1) is 11.2. The average molecular weight is 350 g/mol. The Morgan fingerprint density at radius 3 is 2.83 bits per heavy atom. The molecule has 0 N–H and O–H groups in total. The summed E-state index contributed by atoms with van der Waals surface area (Å²) in [4.78, 5) is 19.6. The molecule has 0 fully saturated rings. The van der Waals surface area contributed by atoms with E-state index in [1.165, 1.54) is 25.2 Å². The number of nitrogens with zero attached hydrogens (tertiary/aromatic N) is 5. The highest BCUT2D eigenvalue weighted by Gasteiger charge is 2.14. The number of carbonyl (C=O) groups is 1. The molecule has 3 aromatic rings. The lowest BCUT2D eigenvalue weighted by molar-refractivity contribution is -0.137. The van der Waals surface area contributed by atoms with Crippen LogP contribution in [0.4, 0.5) is 0 Å². The summed E-state index contributed by atoms with van der Waals surface area (Å²) < 4.78 is 6.31. The summed E-state index contributed by atoms with van der Waals surface area (Å²) in [6, 6.07) is 7.49. The van der Waals surface area contributed by atoms with Crippen LogP contribution in [0.2, 0.25) is 5.02 Å². The first-order valence-electron chi connectivity index (χ1n) is 6.65. The quantitative estimate of drug-likeness (QED) is 0.396. The second kappa shape index (κ2) is 6.93. The van der Waals surface area contributed by atoms with Crippen molar-refractivity contribution in [2.75, 3.05) is 12.9 Å². The number of hydrogen-bond acceptors (Lipinski definition) is 7. The lowest BCUT2D eigenvalue weighted by Gasteiger charge is -2.03. The monoisotopic (exact) mass is 349 g/mol. The van der Waals surface area contributed by atoms with Crippen LogP contribution in [0.3, 0.4) is 0 Å². The van der Waals surface area contributed by atoms with Gasteiger partial charge < -0.3 is 4.74 Å². The van der Waals surface area contributed by atoms with Crippen LogP contribution in [0.5, 0.6) is 0 Å². The maximum Gasteiger partial charge on any atom is 0.316 e. The Morgan fingerprint density at radius 2 is 2.09 bits per heavy atom. The Bertz CT molecular complexity index is 837. The summed E-state index contributed by atoms with van der Waals surface area (Å²) in [6.07, 6.45) is 1.43. The van der Waals surface area contributed by atoms with E-state index in [0.29, 0.717) is 27.8 Å². The Kier molecular flexibility index (Phi) is 4.73. The third-order valence-corrected chi connectivity index (χ3v) is 4.27. The number of methoxy groups -OCH3 is 1. The highest BCUT2D eigenvalue weighted by molar-refractivity contribution is 8.00. The lowest BCUT2D eigenvalue weighted by Crippen LogP contribution is -2.04. The van der Waals surface area contributed by atoms with E-state index in [2.05, 4.69) is 25.0 Å². The van der Waals surface area contributed by atoms with Crippen LogP contribution >= 0.6 is 23.4 Å². The van der Waals surface area contributed by atoms with Crippen LogP contribution in [0.15, 0.2) is 35.6 Å². The number of carbonyl (C=O) groups excluding carboxylic acids is 1. The van der Waals surface area contributed by atoms with Crippen molar-refractivity contribution < 1.29 is 9.53 Å². The number of aromatic nitrogens is 5. The Hall–Kier alpha value is -2.19. The number of fused-ring (bicyclic) bond motifs is 1. The van der Waals surface area contributed by atoms with Crippen molar-refractivity contribution in [1.29, 1.82) is 0 Å². The standard InChI is InChI=1S/C14H12ClN5O2S/c1-22-11(21)7-23-14-12-13(16-8-17-14)20(19-18-12)6-9-2-4-10(15)5-3-9/h2-5,8H,6-7H2,1H3. The predicted octanol–water partition coefficient (Wildman–Crippen LogP) is 2.19. The fourth-order valence-electron chi connectivity index (χ4n) is 1.93. The van der Waals surface area contributed by atoms with Gasteiger partial charge in [-0.25, -0.2) is 14.6 Å². The number of rotatable bonds is 5. The van der Waals surface area contributed by atoms with Gasteiger partial charge in [-0.3, -0.25) is 4.79 Å². The summed E-state index contributed by atoms with van der Waals surface area (Å²) in [6.45, 7) is 0.520. The van der Waals surface area contributed by atoms with Crippen molar-refractivity contribution in [3.63, 3.8) is 0 Å². The van der Waals surface area contributed by atoms with E-state index in [9.17, 15) is 4.79 Å². The second-order valence-electron chi connectivity index (χ2n) is 4.59. The first-order valence-corrected chi connectivity index (χ1v) is 8.02. The van der Waals surface area contributed by atoms with Gasteiger partial charge in [0.25, 0.3) is 0 Å². The van der Waals surface area contributed by atoms with E-state index in [1.54, 1.807) is 4.68 Å². The van der Waals surface area contributed by atoms with E-state index in [-0.39, 0.29) is 11.7 Å². The second-order valence-corrected chi connectivity index (χ2v) is 5.99. The number of halogens is 1. The molecule has 0 bridgehead atoms. The highest BCUT2D eigenvalue weighted by atomic mass is 35.5. The minimum atomic E-state index is -0.324. The molecule has 3 rings (SSSR count). The molecule has 1 aromatic carbocycles. The van der Waals surface area contributed by atoms with Crippen molar-refractivity contribution in [3.8, 4) is 0 Å². The van der Waals surface area contributed by atoms with Gasteiger partial charge in [-0.1, -0.05) is 40.7 Å². The van der Waals surface area contributed by atoms with Crippen LogP contribution < -0.4 is 0 Å². The SMILES string of the molecule is COC(=O)CSc1ncnc2c1nnn2Cc1ccc(Cl)cc1. The van der Waals surface area contributed by atoms with Crippen LogP contribution in [0, 0.1) is 0 Å². The number of hydrogen-bond donors (Lipinski definition) is 0. The molecule has 7 nitrogen and oxygen atoms in total. The van der Waals surface area contributed by atoms with Crippen molar-refractivity contribution in [2.24, 2.45) is 0 Å². The van der Waals surface area contributed by atoms with Gasteiger partial charge in [0, 0.05) is 5.02 Å². The molecular formula is C14H12ClN5O2S. The van der Waals surface area contributed by atoms with Gasteiger partial charge in [-0.2, -0.15) is 0 Å². The van der Waals surface area contributed by atoms with Crippen LogP contribution in [0.25, 0.3) is 11.2 Å². The molecule has 0 spiro atoms. The van der Waals surface area contributed by atoms with Gasteiger partial charge in [0.15, 0.2) is 11.2 Å². The molecule has 0 saturated heterocycles. The van der Waals surface area contributed by atoms with Gasteiger partial charge in [-0.15, -0.1) is 5.10 Å². The maximum absolute atomic E-state index is 11.3. The summed E-state index contributed by atoms with van der Waals surface area (Å²) in [5.41, 5.74) is 2.21. The van der Waals surface area contributed by atoms with Crippen LogP contribution in [0.1, 0.15) is 5.56 Å². The fourth-order valence-corrected chi connectivity index (χ4v) is 2.82. The molecule has 0 aliphatic heterocycles. The summed E-state index contributed by atoms with van der Waals surface area (Å²) in [5.74, 6) is -0.164. The molecule has 0 aliphatic carbocycles. The average Bonchev–Trinajstić information content (AvgIpc) is 2.98. The molecule has 118 valence electrons. The fraction of sp³-hybridized carbons (Fsp3) is 0.214. The Labute approximate surface area is 141 Å². The van der Waals surface area contributed by atoms with Crippen molar-refractivity contribution in [3.05, 3.63) is 41.2 Å². The molecule has 9 heteroatoms. The predicted molar refractivity (Wildman–Crippen MR) is 86.4 cm³/mol. The molecular weight excluding hydrogens is 338 g/mol. The Balaban J connectivity index is 1.85. The van der Waals surface area contributed by atoms with E-state index in [4.69, 9.17) is 11.6 Å². The smallest absolute Gasteiger partial charge is 0.316 e. The van der Waals surface area contributed by atoms with Crippen molar-refractivity contribution in [2.45, 2.75) is 11.6 Å². The summed E-state index contributed by atoms with van der Waals surface area (Å²) >= 11 is 7.13. The maximum atomic E-state index is 11.3. The van der Waals surface area contributed by atoms with Gasteiger partial charge in [0.2, 0.25) is 0 Å². The minimum Gasteiger partial charge on any atom is -0.468 e. The molecule has 23 heavy (non-hydrogen) atoms. The van der Waals surface area contributed by atoms with Crippen molar-refractivity contribution in [1.82, 2.24) is 25.0 Å². The molecule has 0 atom stereocenters. The Morgan fingerprint density at radius 1 is 1.30 bits per heavy atom. The van der Waals surface area contributed by atoms with Crippen LogP contribution in [-0.2, 0) is 16.1 Å². The van der Waals surface area contributed by atoms with Gasteiger partial charge in [-0.05, 0) is 17.7 Å². The lowest BCUT2D eigenvalue weighted by atomic mass is 10.2. The summed E-state index contributed by atoms with van der Waals surface area (Å²) in [5, 5.41) is 9.53. The molecule has 0 amide bonds. The van der Waals surface area contributed by atoms with Crippen LogP contribution in [-0.4, -0.2) is 43.8 Å². The summed E-state index contributed by atoms with van der Waals surface area (Å²) in [7, 11) is 1.35. The number of esters is 1. The molecule has 0 unspecified atom stereocenters.